The first-order valence-corrected chi connectivity index (χ1v) is 6.09. The molecule has 20 heavy (non-hydrogen) atoms. The van der Waals surface area contributed by atoms with E-state index in [2.05, 4.69) is 5.32 Å². The number of carboxylic acid groups (broad SMARTS) is 2. The fourth-order valence-corrected chi connectivity index (χ4v) is 1.50. The summed E-state index contributed by atoms with van der Waals surface area (Å²) in [5.41, 5.74) is 0. The van der Waals surface area contributed by atoms with Crippen molar-refractivity contribution in [1.82, 2.24) is 10.2 Å². The summed E-state index contributed by atoms with van der Waals surface area (Å²) in [7, 11) is 0. The summed E-state index contributed by atoms with van der Waals surface area (Å²) in [4.78, 5) is 45.2. The van der Waals surface area contributed by atoms with Crippen molar-refractivity contribution in [2.24, 2.45) is 5.92 Å². The zero-order chi connectivity index (χ0) is 15.9. The van der Waals surface area contributed by atoms with Crippen LogP contribution in [0.4, 0.5) is 0 Å². The van der Waals surface area contributed by atoms with E-state index in [0.29, 0.717) is 0 Å². The number of hydrogen-bond acceptors (Lipinski definition) is 6. The minimum absolute atomic E-state index is 0.320. The van der Waals surface area contributed by atoms with Gasteiger partial charge in [-0.3, -0.25) is 19.3 Å². The van der Waals surface area contributed by atoms with Gasteiger partial charge < -0.3 is 20.3 Å². The number of amides is 1. The second-order valence-corrected chi connectivity index (χ2v) is 4.74. The van der Waals surface area contributed by atoms with Gasteiger partial charge in [0.05, 0.1) is 25.1 Å². The van der Waals surface area contributed by atoms with Crippen molar-refractivity contribution >= 4 is 23.6 Å². The first-order chi connectivity index (χ1) is 9.15. The summed E-state index contributed by atoms with van der Waals surface area (Å²) >= 11 is 0. The van der Waals surface area contributed by atoms with Crippen LogP contribution in [0, 0.1) is 5.92 Å². The molecule has 1 amide bonds. The maximum absolute atomic E-state index is 11.4. The molecule has 2 N–H and O–H groups in total. The number of carbonyl (C=O) groups is 4. The van der Waals surface area contributed by atoms with Crippen LogP contribution in [-0.2, 0) is 19.2 Å². The average Bonchev–Trinajstić information content (AvgIpc) is 2.26. The number of nitrogens with zero attached hydrogens (tertiary/aromatic N) is 1. The highest BCUT2D eigenvalue weighted by Crippen LogP contribution is 2.00. The predicted octanol–water partition coefficient (Wildman–Crippen LogP) is -2.15. The van der Waals surface area contributed by atoms with E-state index in [1.807, 2.05) is 0 Å². The number of rotatable bonds is 9. The molecular formula is C12H19N2O6-. The molecule has 0 unspecified atom stereocenters. The van der Waals surface area contributed by atoms with Crippen molar-refractivity contribution < 1.29 is 29.4 Å². The van der Waals surface area contributed by atoms with Crippen molar-refractivity contribution in [2.75, 3.05) is 19.6 Å². The lowest BCUT2D eigenvalue weighted by Gasteiger charge is -2.30. The highest BCUT2D eigenvalue weighted by atomic mass is 16.4. The number of carbonyl (C=O) groups excluding carboxylic acids is 3. The van der Waals surface area contributed by atoms with Crippen molar-refractivity contribution in [3.63, 3.8) is 0 Å². The lowest BCUT2D eigenvalue weighted by molar-refractivity contribution is -0.311. The lowest BCUT2D eigenvalue weighted by Crippen LogP contribution is -2.56. The van der Waals surface area contributed by atoms with Gasteiger partial charge >= 0.3 is 5.97 Å². The van der Waals surface area contributed by atoms with E-state index in [-0.39, 0.29) is 30.7 Å². The van der Waals surface area contributed by atoms with E-state index in [1.54, 1.807) is 13.8 Å². The summed E-state index contributed by atoms with van der Waals surface area (Å²) in [5.74, 6) is -3.90. The molecule has 0 aliphatic rings. The van der Waals surface area contributed by atoms with Crippen molar-refractivity contribution in [3.05, 3.63) is 0 Å². The molecule has 0 saturated heterocycles. The molecule has 0 rings (SSSR count). The molecule has 0 aliphatic heterocycles. The predicted molar refractivity (Wildman–Crippen MR) is 66.5 cm³/mol. The summed E-state index contributed by atoms with van der Waals surface area (Å²) in [6.45, 7) is 3.19. The molecule has 0 heterocycles. The van der Waals surface area contributed by atoms with Gasteiger partial charge in [-0.25, -0.2) is 0 Å². The second-order valence-electron chi connectivity index (χ2n) is 4.74. The number of ketones is 1. The van der Waals surface area contributed by atoms with Gasteiger partial charge in [0, 0.05) is 12.5 Å². The highest BCUT2D eigenvalue weighted by molar-refractivity contribution is 5.82. The quantitative estimate of drug-likeness (QED) is 0.495. The minimum atomic E-state index is -1.54. The molecular weight excluding hydrogens is 268 g/mol. The van der Waals surface area contributed by atoms with Gasteiger partial charge in [-0.1, -0.05) is 13.8 Å². The minimum Gasteiger partial charge on any atom is -0.548 e. The standard InChI is InChI=1S/C12H20N2O6/c1-7(2)11(18)13-4-9(12(19)20)14(5-8(3)15)6-10(16)17/h7,9H,4-6H2,1-3H3,(H,13,18)(H,16,17)(H,19,20)/p-1/t9-/m0/s1. The van der Waals surface area contributed by atoms with Crippen LogP contribution < -0.4 is 10.4 Å². The fourth-order valence-electron chi connectivity index (χ4n) is 1.50. The van der Waals surface area contributed by atoms with Crippen LogP contribution in [0.5, 0.6) is 0 Å². The molecule has 0 bridgehead atoms. The number of nitrogens with one attached hydrogen (secondary N) is 1. The zero-order valence-corrected chi connectivity index (χ0v) is 11.7. The Labute approximate surface area is 116 Å². The van der Waals surface area contributed by atoms with Crippen LogP contribution in [0.15, 0.2) is 0 Å². The van der Waals surface area contributed by atoms with Gasteiger partial charge in [-0.15, -0.1) is 0 Å². The first kappa shape index (κ1) is 18.0. The molecule has 0 aliphatic carbocycles. The van der Waals surface area contributed by atoms with Crippen LogP contribution in [0.3, 0.4) is 0 Å². The number of hydrogen-bond donors (Lipinski definition) is 2. The maximum atomic E-state index is 11.4. The van der Waals surface area contributed by atoms with Crippen LogP contribution in [-0.4, -0.2) is 59.3 Å². The molecule has 8 heteroatoms. The molecule has 8 nitrogen and oxygen atoms in total. The summed E-state index contributed by atoms with van der Waals surface area (Å²) in [6, 6.07) is -1.38. The molecule has 0 aromatic heterocycles. The Morgan fingerprint density at radius 1 is 1.20 bits per heavy atom. The van der Waals surface area contributed by atoms with E-state index < -0.39 is 24.5 Å². The third kappa shape index (κ3) is 6.83. The third-order valence-corrected chi connectivity index (χ3v) is 2.47. The van der Waals surface area contributed by atoms with E-state index >= 15 is 0 Å². The Morgan fingerprint density at radius 3 is 2.10 bits per heavy atom. The fraction of sp³-hybridized carbons (Fsp3) is 0.667. The highest BCUT2D eigenvalue weighted by Gasteiger charge is 2.24. The van der Waals surface area contributed by atoms with Gasteiger partial charge in [-0.2, -0.15) is 0 Å². The molecule has 0 fully saturated rings. The van der Waals surface area contributed by atoms with E-state index in [0.717, 1.165) is 4.90 Å². The smallest absolute Gasteiger partial charge is 0.317 e. The molecule has 0 aromatic carbocycles. The maximum Gasteiger partial charge on any atom is 0.317 e. The first-order valence-electron chi connectivity index (χ1n) is 6.09. The summed E-state index contributed by atoms with van der Waals surface area (Å²) in [6.07, 6.45) is 0. The number of carboxylic acids is 2. The Kier molecular flexibility index (Phi) is 7.45. The van der Waals surface area contributed by atoms with Gasteiger partial charge in [0.25, 0.3) is 0 Å². The van der Waals surface area contributed by atoms with Gasteiger partial charge in [-0.05, 0) is 6.92 Å². The normalized spacial score (nSPS) is 12.2. The van der Waals surface area contributed by atoms with E-state index in [9.17, 15) is 24.3 Å². The second kappa shape index (κ2) is 8.26. The summed E-state index contributed by atoms with van der Waals surface area (Å²) in [5, 5.41) is 22.2. The molecule has 0 aromatic rings. The molecule has 114 valence electrons. The largest absolute Gasteiger partial charge is 0.548 e. The van der Waals surface area contributed by atoms with Crippen LogP contribution in [0.25, 0.3) is 0 Å². The molecule has 0 saturated carbocycles. The lowest BCUT2D eigenvalue weighted by atomic mass is 10.2. The number of Topliss-reactive ketones (excluding diaryl/α,β-unsaturated/α-hetero) is 1. The Morgan fingerprint density at radius 2 is 1.75 bits per heavy atom. The monoisotopic (exact) mass is 287 g/mol. The zero-order valence-electron chi connectivity index (χ0n) is 11.7. The van der Waals surface area contributed by atoms with Crippen molar-refractivity contribution in [3.8, 4) is 0 Å². The Balaban J connectivity index is 4.88. The van der Waals surface area contributed by atoms with Crippen LogP contribution >= 0.6 is 0 Å². The number of aliphatic carboxylic acids is 2. The third-order valence-electron chi connectivity index (χ3n) is 2.47. The van der Waals surface area contributed by atoms with Gasteiger partial charge in [0.2, 0.25) is 5.91 Å². The molecule has 0 radical (unpaired) electrons. The van der Waals surface area contributed by atoms with Crippen molar-refractivity contribution in [2.45, 2.75) is 26.8 Å². The Bertz CT molecular complexity index is 377. The average molecular weight is 287 g/mol. The van der Waals surface area contributed by atoms with E-state index in [1.165, 1.54) is 6.92 Å². The molecule has 0 spiro atoms. The topological polar surface area (TPSA) is 127 Å². The SMILES string of the molecule is CC(=O)CN(CC(=O)O)[C@@H](CNC(=O)C(C)C)C(=O)[O-]. The molecule has 1 atom stereocenters. The summed E-state index contributed by atoms with van der Waals surface area (Å²) < 4.78 is 0. The van der Waals surface area contributed by atoms with Gasteiger partial charge in [0.15, 0.2) is 0 Å². The Hall–Kier alpha value is -1.96. The van der Waals surface area contributed by atoms with Gasteiger partial charge in [0.1, 0.15) is 5.78 Å². The van der Waals surface area contributed by atoms with E-state index in [4.69, 9.17) is 5.11 Å². The van der Waals surface area contributed by atoms with Crippen LogP contribution in [0.1, 0.15) is 20.8 Å². The van der Waals surface area contributed by atoms with Crippen LogP contribution in [0.2, 0.25) is 0 Å². The van der Waals surface area contributed by atoms with Crippen molar-refractivity contribution in [1.29, 1.82) is 0 Å².